The van der Waals surface area contributed by atoms with Gasteiger partial charge in [0.15, 0.2) is 0 Å². The monoisotopic (exact) mass is 165 g/mol. The largest absolute Gasteiger partial charge is 0.235 e. The summed E-state index contributed by atoms with van der Waals surface area (Å²) in [7, 11) is 0. The van der Waals surface area contributed by atoms with E-state index in [0.717, 1.165) is 5.56 Å². The number of benzene rings is 1. The molecule has 0 spiro atoms. The van der Waals surface area contributed by atoms with E-state index >= 15 is 0 Å². The molecule has 0 aromatic heterocycles. The predicted octanol–water partition coefficient (Wildman–Crippen LogP) is 2.22. The van der Waals surface area contributed by atoms with Crippen LogP contribution in [0, 0.1) is 5.82 Å². The van der Waals surface area contributed by atoms with Crippen LogP contribution in [0.25, 0.3) is 0 Å². The van der Waals surface area contributed by atoms with Crippen molar-refractivity contribution in [2.75, 3.05) is 0 Å². The fourth-order valence-electron chi connectivity index (χ4n) is 0.895. The molecule has 1 aromatic carbocycles. The lowest BCUT2D eigenvalue weighted by Crippen LogP contribution is -1.88. The summed E-state index contributed by atoms with van der Waals surface area (Å²) >= 11 is 0. The van der Waals surface area contributed by atoms with Crippen LogP contribution in [0.15, 0.2) is 29.3 Å². The third-order valence-corrected chi connectivity index (χ3v) is 1.60. The Balaban J connectivity index is 2.89. The van der Waals surface area contributed by atoms with Crippen LogP contribution in [-0.4, -0.2) is 6.08 Å². The fraction of sp³-hybridized carbons (Fsp3) is 0.222. The summed E-state index contributed by atoms with van der Waals surface area (Å²) in [5, 5.41) is 0. The minimum atomic E-state index is -0.291. The van der Waals surface area contributed by atoms with Crippen molar-refractivity contribution in [1.29, 1.82) is 0 Å². The average molecular weight is 165 g/mol. The van der Waals surface area contributed by atoms with Crippen molar-refractivity contribution < 1.29 is 9.18 Å². The zero-order valence-corrected chi connectivity index (χ0v) is 6.62. The molecule has 3 heteroatoms. The highest BCUT2D eigenvalue weighted by molar-refractivity contribution is 5.35. The van der Waals surface area contributed by atoms with E-state index < -0.39 is 0 Å². The highest BCUT2D eigenvalue weighted by atomic mass is 19.1. The normalized spacial score (nSPS) is 11.8. The van der Waals surface area contributed by atoms with Gasteiger partial charge in [-0.05, 0) is 24.6 Å². The third kappa shape index (κ3) is 2.01. The molecule has 0 radical (unpaired) electrons. The summed E-state index contributed by atoms with van der Waals surface area (Å²) in [6.45, 7) is 1.75. The van der Waals surface area contributed by atoms with E-state index in [1.54, 1.807) is 19.1 Å². The lowest BCUT2D eigenvalue weighted by Gasteiger charge is -2.02. The van der Waals surface area contributed by atoms with Gasteiger partial charge in [-0.25, -0.2) is 9.18 Å². The second-order valence-corrected chi connectivity index (χ2v) is 2.45. The molecule has 0 fully saturated rings. The molecule has 0 saturated carbocycles. The molecule has 0 N–H and O–H groups in total. The first-order valence-corrected chi connectivity index (χ1v) is 3.56. The summed E-state index contributed by atoms with van der Waals surface area (Å²) in [6, 6.07) is 5.63. The van der Waals surface area contributed by atoms with Gasteiger partial charge in [-0.2, -0.15) is 4.99 Å². The van der Waals surface area contributed by atoms with E-state index in [-0.39, 0.29) is 11.9 Å². The van der Waals surface area contributed by atoms with Crippen LogP contribution in [0.4, 0.5) is 4.39 Å². The molecular weight excluding hydrogens is 157 g/mol. The van der Waals surface area contributed by atoms with Gasteiger partial charge in [-0.3, -0.25) is 0 Å². The standard InChI is InChI=1S/C9H8FNO/c1-7(11-6-12)8-2-4-9(10)5-3-8/h2-5,7H,1H3/t7-/m0/s1. The van der Waals surface area contributed by atoms with Gasteiger partial charge >= 0.3 is 0 Å². The number of isocyanates is 1. The molecule has 0 aliphatic rings. The van der Waals surface area contributed by atoms with Gasteiger partial charge in [0, 0.05) is 0 Å². The summed E-state index contributed by atoms with van der Waals surface area (Å²) in [5.41, 5.74) is 0.805. The number of rotatable bonds is 2. The van der Waals surface area contributed by atoms with E-state index in [9.17, 15) is 9.18 Å². The van der Waals surface area contributed by atoms with Gasteiger partial charge in [-0.15, -0.1) is 0 Å². The predicted molar refractivity (Wildman–Crippen MR) is 42.9 cm³/mol. The number of halogens is 1. The minimum absolute atomic E-state index is 0.247. The van der Waals surface area contributed by atoms with E-state index in [4.69, 9.17) is 0 Å². The molecule has 1 atom stereocenters. The molecule has 0 unspecified atom stereocenters. The molecule has 0 aliphatic heterocycles. The fourth-order valence-corrected chi connectivity index (χ4v) is 0.895. The Labute approximate surface area is 69.7 Å². The first kappa shape index (κ1) is 8.62. The lowest BCUT2D eigenvalue weighted by atomic mass is 10.1. The van der Waals surface area contributed by atoms with Gasteiger partial charge < -0.3 is 0 Å². The van der Waals surface area contributed by atoms with Crippen molar-refractivity contribution in [3.8, 4) is 0 Å². The SMILES string of the molecule is C[C@H](N=C=O)c1ccc(F)cc1. The van der Waals surface area contributed by atoms with Crippen molar-refractivity contribution in [3.05, 3.63) is 35.6 Å². The van der Waals surface area contributed by atoms with Gasteiger partial charge in [0.05, 0.1) is 6.04 Å². The molecule has 0 amide bonds. The maximum absolute atomic E-state index is 12.4. The molecule has 0 aliphatic carbocycles. The first-order chi connectivity index (χ1) is 5.74. The Morgan fingerprint density at radius 1 is 1.42 bits per heavy atom. The van der Waals surface area contributed by atoms with Gasteiger partial charge in [0.1, 0.15) is 5.82 Å². The zero-order chi connectivity index (χ0) is 8.97. The highest BCUT2D eigenvalue weighted by Crippen LogP contribution is 2.15. The van der Waals surface area contributed by atoms with E-state index in [1.807, 2.05) is 0 Å². The Morgan fingerprint density at radius 2 is 2.00 bits per heavy atom. The zero-order valence-electron chi connectivity index (χ0n) is 6.62. The molecule has 12 heavy (non-hydrogen) atoms. The Morgan fingerprint density at radius 3 is 2.50 bits per heavy atom. The molecule has 0 bridgehead atoms. The number of nitrogens with zero attached hydrogens (tertiary/aromatic N) is 1. The third-order valence-electron chi connectivity index (χ3n) is 1.60. The van der Waals surface area contributed by atoms with Crippen LogP contribution in [0.1, 0.15) is 18.5 Å². The molecule has 0 heterocycles. The van der Waals surface area contributed by atoms with Gasteiger partial charge in [0.2, 0.25) is 6.08 Å². The quantitative estimate of drug-likeness (QED) is 0.488. The number of hydrogen-bond acceptors (Lipinski definition) is 2. The summed E-state index contributed by atoms with van der Waals surface area (Å²) in [6.07, 6.45) is 1.46. The van der Waals surface area contributed by atoms with E-state index in [1.165, 1.54) is 18.2 Å². The Hall–Kier alpha value is -1.47. The molecule has 1 aromatic rings. The summed E-state index contributed by atoms with van der Waals surface area (Å²) in [4.78, 5) is 13.4. The summed E-state index contributed by atoms with van der Waals surface area (Å²) in [5.74, 6) is -0.291. The molecular formula is C9H8FNO. The lowest BCUT2D eigenvalue weighted by molar-refractivity contribution is 0.559. The Bertz CT molecular complexity index is 301. The maximum Gasteiger partial charge on any atom is 0.235 e. The number of hydrogen-bond donors (Lipinski definition) is 0. The molecule has 62 valence electrons. The van der Waals surface area contributed by atoms with Crippen molar-refractivity contribution >= 4 is 6.08 Å². The van der Waals surface area contributed by atoms with Crippen molar-refractivity contribution in [2.24, 2.45) is 4.99 Å². The summed E-state index contributed by atoms with van der Waals surface area (Å²) < 4.78 is 12.4. The molecule has 1 rings (SSSR count). The highest BCUT2D eigenvalue weighted by Gasteiger charge is 2.01. The van der Waals surface area contributed by atoms with E-state index in [2.05, 4.69) is 4.99 Å². The van der Waals surface area contributed by atoms with Crippen molar-refractivity contribution in [1.82, 2.24) is 0 Å². The Kier molecular flexibility index (Phi) is 2.72. The van der Waals surface area contributed by atoms with Gasteiger partial charge in [-0.1, -0.05) is 12.1 Å². The molecule has 2 nitrogen and oxygen atoms in total. The topological polar surface area (TPSA) is 29.4 Å². The van der Waals surface area contributed by atoms with Crippen LogP contribution in [0.3, 0.4) is 0 Å². The smallest absolute Gasteiger partial charge is 0.211 e. The van der Waals surface area contributed by atoms with Crippen LogP contribution in [-0.2, 0) is 4.79 Å². The number of carbonyl (C=O) groups excluding carboxylic acids is 1. The second-order valence-electron chi connectivity index (χ2n) is 2.45. The maximum atomic E-state index is 12.4. The minimum Gasteiger partial charge on any atom is -0.211 e. The van der Waals surface area contributed by atoms with Crippen LogP contribution < -0.4 is 0 Å². The van der Waals surface area contributed by atoms with E-state index in [0.29, 0.717) is 0 Å². The van der Waals surface area contributed by atoms with Crippen LogP contribution in [0.2, 0.25) is 0 Å². The second kappa shape index (κ2) is 3.79. The van der Waals surface area contributed by atoms with Crippen LogP contribution in [0.5, 0.6) is 0 Å². The van der Waals surface area contributed by atoms with Crippen molar-refractivity contribution in [2.45, 2.75) is 13.0 Å². The van der Waals surface area contributed by atoms with Crippen molar-refractivity contribution in [3.63, 3.8) is 0 Å². The molecule has 0 saturated heterocycles. The van der Waals surface area contributed by atoms with Gasteiger partial charge in [0.25, 0.3) is 0 Å². The van der Waals surface area contributed by atoms with Crippen LogP contribution >= 0.6 is 0 Å². The number of aliphatic imine (C=N–C) groups is 1. The first-order valence-electron chi connectivity index (χ1n) is 3.56. The average Bonchev–Trinajstić information content (AvgIpc) is 2.06.